The van der Waals surface area contributed by atoms with Gasteiger partial charge in [-0.3, -0.25) is 0 Å². The SMILES string of the molecule is CCCCCCCCCCCCc1ccc(-c2ccc(C(=O)Oc3ccc(C(=O)Oc4cccc(OC(=O)c5ccc(OC(=O)c6ccc(-c7ccc(CCCCCCCCCCCC)cc7)cc6)cc5)c4)cc3)cc2)cc1. The molecule has 8 heteroatoms. The third-order valence-electron chi connectivity index (χ3n) is 14.3. The molecule has 0 aromatic heterocycles. The zero-order chi connectivity index (χ0) is 54.6. The first-order valence-corrected chi connectivity index (χ1v) is 28.8. The first kappa shape index (κ1) is 58.1. The lowest BCUT2D eigenvalue weighted by Gasteiger charge is -2.09. The molecule has 406 valence electrons. The molecule has 0 bridgehead atoms. The van der Waals surface area contributed by atoms with Crippen molar-refractivity contribution in [3.05, 3.63) is 203 Å². The largest absolute Gasteiger partial charge is 0.423 e. The standard InChI is InChI=1S/C70H78O8/c1-3-5-7-9-11-13-15-17-19-21-24-53-28-32-55(33-29-53)57-36-40-59(41-37-57)67(71)75-63-48-44-61(45-49-63)69(73)77-65-26-23-27-66(52-65)78-70(74)62-46-50-64(51-47-62)76-68(72)60-42-38-58(39-43-60)56-34-30-54(31-35-56)25-22-20-18-16-14-12-10-8-6-4-2/h23,26-52H,3-22,24-25H2,1-2H3. The van der Waals surface area contributed by atoms with Crippen LogP contribution in [0.3, 0.4) is 0 Å². The van der Waals surface area contributed by atoms with E-state index in [4.69, 9.17) is 18.9 Å². The van der Waals surface area contributed by atoms with Gasteiger partial charge in [-0.2, -0.15) is 0 Å². The number of carbonyl (C=O) groups is 4. The van der Waals surface area contributed by atoms with Crippen molar-refractivity contribution in [2.45, 2.75) is 155 Å². The number of unbranched alkanes of at least 4 members (excludes halogenated alkanes) is 18. The molecule has 78 heavy (non-hydrogen) atoms. The van der Waals surface area contributed by atoms with Crippen molar-refractivity contribution >= 4 is 23.9 Å². The molecule has 7 rings (SSSR count). The summed E-state index contributed by atoms with van der Waals surface area (Å²) in [6, 6.07) is 50.3. The number of ether oxygens (including phenoxy) is 4. The fourth-order valence-corrected chi connectivity index (χ4v) is 9.54. The molecule has 0 N–H and O–H groups in total. The molecule has 0 fully saturated rings. The number of rotatable bonds is 32. The highest BCUT2D eigenvalue weighted by atomic mass is 16.6. The highest BCUT2D eigenvalue weighted by Crippen LogP contribution is 2.27. The van der Waals surface area contributed by atoms with Gasteiger partial charge in [-0.25, -0.2) is 19.2 Å². The lowest BCUT2D eigenvalue weighted by Crippen LogP contribution is -2.11. The maximum Gasteiger partial charge on any atom is 0.343 e. The second kappa shape index (κ2) is 32.2. The molecular formula is C70H78O8. The maximum atomic E-state index is 13.1. The minimum atomic E-state index is -0.653. The lowest BCUT2D eigenvalue weighted by atomic mass is 10.00. The van der Waals surface area contributed by atoms with Crippen LogP contribution in [-0.4, -0.2) is 23.9 Å². The molecule has 0 saturated carbocycles. The van der Waals surface area contributed by atoms with Crippen molar-refractivity contribution < 1.29 is 38.1 Å². The van der Waals surface area contributed by atoms with Crippen molar-refractivity contribution in [1.82, 2.24) is 0 Å². The Kier molecular flexibility index (Phi) is 24.0. The van der Waals surface area contributed by atoms with Crippen LogP contribution >= 0.6 is 0 Å². The third kappa shape index (κ3) is 19.5. The van der Waals surface area contributed by atoms with Gasteiger partial charge in [-0.1, -0.05) is 208 Å². The van der Waals surface area contributed by atoms with Gasteiger partial charge in [0.15, 0.2) is 0 Å². The normalized spacial score (nSPS) is 11.0. The van der Waals surface area contributed by atoms with Crippen molar-refractivity contribution in [2.24, 2.45) is 0 Å². The summed E-state index contributed by atoms with van der Waals surface area (Å²) < 4.78 is 22.4. The monoisotopic (exact) mass is 1050 g/mol. The van der Waals surface area contributed by atoms with Gasteiger partial charge in [-0.05, 0) is 144 Å². The number of esters is 4. The molecule has 8 nitrogen and oxygen atoms in total. The van der Waals surface area contributed by atoms with Crippen LogP contribution in [0, 0.1) is 0 Å². The van der Waals surface area contributed by atoms with E-state index in [1.54, 1.807) is 42.5 Å². The van der Waals surface area contributed by atoms with Gasteiger partial charge >= 0.3 is 23.9 Å². The number of hydrogen-bond donors (Lipinski definition) is 0. The summed E-state index contributed by atoms with van der Waals surface area (Å²) in [5.41, 5.74) is 8.15. The molecular weight excluding hydrogens is 969 g/mol. The van der Waals surface area contributed by atoms with Crippen molar-refractivity contribution in [2.75, 3.05) is 0 Å². The molecule has 0 atom stereocenters. The summed E-state index contributed by atoms with van der Waals surface area (Å²) in [5, 5.41) is 0. The molecule has 7 aromatic rings. The first-order valence-electron chi connectivity index (χ1n) is 28.8. The number of benzene rings is 7. The highest BCUT2D eigenvalue weighted by Gasteiger charge is 2.16. The molecule has 0 aliphatic rings. The first-order chi connectivity index (χ1) is 38.2. The van der Waals surface area contributed by atoms with E-state index in [1.165, 1.54) is 194 Å². The van der Waals surface area contributed by atoms with E-state index >= 15 is 0 Å². The lowest BCUT2D eigenvalue weighted by molar-refractivity contribution is 0.0723. The molecule has 0 aliphatic heterocycles. The number of aryl methyl sites for hydroxylation is 2. The smallest absolute Gasteiger partial charge is 0.343 e. The predicted octanol–water partition coefficient (Wildman–Crippen LogP) is 18.8. The molecule has 0 radical (unpaired) electrons. The van der Waals surface area contributed by atoms with E-state index in [-0.39, 0.29) is 34.1 Å². The van der Waals surface area contributed by atoms with Crippen molar-refractivity contribution in [3.63, 3.8) is 0 Å². The zero-order valence-corrected chi connectivity index (χ0v) is 46.0. The Morgan fingerprint density at radius 1 is 0.269 bits per heavy atom. The van der Waals surface area contributed by atoms with Crippen molar-refractivity contribution in [3.8, 4) is 45.3 Å². The quantitative estimate of drug-likeness (QED) is 0.0233. The van der Waals surface area contributed by atoms with Crippen LogP contribution in [-0.2, 0) is 12.8 Å². The van der Waals surface area contributed by atoms with Gasteiger partial charge in [0.25, 0.3) is 0 Å². The van der Waals surface area contributed by atoms with Crippen LogP contribution in [0.1, 0.15) is 195 Å². The average molecular weight is 1050 g/mol. The van der Waals surface area contributed by atoms with Gasteiger partial charge in [0.2, 0.25) is 0 Å². The molecule has 0 heterocycles. The van der Waals surface area contributed by atoms with Crippen LogP contribution in [0.5, 0.6) is 23.0 Å². The Balaban J connectivity index is 0.795. The molecule has 0 unspecified atom stereocenters. The Hall–Kier alpha value is -7.58. The molecule has 0 spiro atoms. The second-order valence-corrected chi connectivity index (χ2v) is 20.5. The van der Waals surface area contributed by atoms with Crippen LogP contribution in [0.2, 0.25) is 0 Å². The predicted molar refractivity (Wildman–Crippen MR) is 314 cm³/mol. The Bertz CT molecular complexity index is 2710. The summed E-state index contributed by atoms with van der Waals surface area (Å²) in [6.45, 7) is 4.53. The molecule has 7 aromatic carbocycles. The minimum absolute atomic E-state index is 0.160. The van der Waals surface area contributed by atoms with Crippen LogP contribution in [0.4, 0.5) is 0 Å². The Labute approximate surface area is 463 Å². The summed E-state index contributed by atoms with van der Waals surface area (Å²) in [4.78, 5) is 52.3. The van der Waals surface area contributed by atoms with Crippen LogP contribution in [0.15, 0.2) is 170 Å². The second-order valence-electron chi connectivity index (χ2n) is 20.5. The van der Waals surface area contributed by atoms with E-state index in [2.05, 4.69) is 62.4 Å². The third-order valence-corrected chi connectivity index (χ3v) is 14.3. The van der Waals surface area contributed by atoms with Gasteiger partial charge in [0.05, 0.1) is 22.3 Å². The Morgan fingerprint density at radius 2 is 0.513 bits per heavy atom. The molecule has 0 amide bonds. The summed E-state index contributed by atoms with van der Waals surface area (Å²) in [7, 11) is 0. The van der Waals surface area contributed by atoms with Crippen LogP contribution in [0.25, 0.3) is 22.3 Å². The highest BCUT2D eigenvalue weighted by molar-refractivity contribution is 5.94. The summed E-state index contributed by atoms with van der Waals surface area (Å²) in [5.74, 6) is -1.47. The fourth-order valence-electron chi connectivity index (χ4n) is 9.54. The number of carbonyl (C=O) groups excluding carboxylic acids is 4. The van der Waals surface area contributed by atoms with Crippen LogP contribution < -0.4 is 18.9 Å². The molecule has 0 aliphatic carbocycles. The fraction of sp³-hybridized carbons (Fsp3) is 0.343. The summed E-state index contributed by atoms with van der Waals surface area (Å²) in [6.07, 6.45) is 28.8. The van der Waals surface area contributed by atoms with E-state index in [0.29, 0.717) is 11.1 Å². The molecule has 0 saturated heterocycles. The van der Waals surface area contributed by atoms with E-state index in [0.717, 1.165) is 35.1 Å². The average Bonchev–Trinajstić information content (AvgIpc) is 3.47. The van der Waals surface area contributed by atoms with Gasteiger partial charge < -0.3 is 18.9 Å². The minimum Gasteiger partial charge on any atom is -0.423 e. The van der Waals surface area contributed by atoms with E-state index in [1.807, 2.05) is 24.3 Å². The van der Waals surface area contributed by atoms with Gasteiger partial charge in [0, 0.05) is 6.07 Å². The van der Waals surface area contributed by atoms with E-state index < -0.39 is 23.9 Å². The zero-order valence-electron chi connectivity index (χ0n) is 46.0. The van der Waals surface area contributed by atoms with Gasteiger partial charge in [-0.15, -0.1) is 0 Å². The summed E-state index contributed by atoms with van der Waals surface area (Å²) >= 11 is 0. The van der Waals surface area contributed by atoms with Gasteiger partial charge in [0.1, 0.15) is 23.0 Å². The number of hydrogen-bond acceptors (Lipinski definition) is 8. The van der Waals surface area contributed by atoms with Crippen molar-refractivity contribution in [1.29, 1.82) is 0 Å². The topological polar surface area (TPSA) is 105 Å². The van der Waals surface area contributed by atoms with E-state index in [9.17, 15) is 19.2 Å². The Morgan fingerprint density at radius 3 is 0.808 bits per heavy atom. The maximum absolute atomic E-state index is 13.1.